The lowest BCUT2D eigenvalue weighted by molar-refractivity contribution is 0.629. The van der Waals surface area contributed by atoms with Crippen molar-refractivity contribution in [2.45, 2.75) is 6.00 Å². The first-order chi connectivity index (χ1) is 5.81. The number of hydrogen-bond acceptors (Lipinski definition) is 1. The summed E-state index contributed by atoms with van der Waals surface area (Å²) in [6.45, 7) is 0. The minimum absolute atomic E-state index is 0.276. The molecule has 0 amide bonds. The van der Waals surface area contributed by atoms with Crippen LogP contribution in [-0.2, 0) is 6.00 Å². The minimum Gasteiger partial charge on any atom is -0.316 e. The van der Waals surface area contributed by atoms with Gasteiger partial charge in [-0.2, -0.15) is 0 Å². The average Bonchev–Trinajstić information content (AvgIpc) is 2.46. The van der Waals surface area contributed by atoms with Crippen LogP contribution in [0.1, 0.15) is 0 Å². The van der Waals surface area contributed by atoms with Gasteiger partial charge in [0.2, 0.25) is 0 Å². The van der Waals surface area contributed by atoms with Gasteiger partial charge in [-0.25, -0.2) is 9.37 Å². The number of benzene rings is 1. The standard InChI is InChI=1S/C8H6ClFN2/c9-4-12-5-11-7-3-6(10)1-2-8(7)12/h1-3,5H,4H2. The van der Waals surface area contributed by atoms with E-state index in [0.29, 0.717) is 11.5 Å². The smallest absolute Gasteiger partial charge is 0.125 e. The molecule has 2 nitrogen and oxygen atoms in total. The van der Waals surface area contributed by atoms with Crippen molar-refractivity contribution < 1.29 is 4.39 Å². The van der Waals surface area contributed by atoms with E-state index < -0.39 is 0 Å². The molecule has 0 aliphatic heterocycles. The number of nitrogens with zero attached hydrogens (tertiary/aromatic N) is 2. The van der Waals surface area contributed by atoms with Crippen LogP contribution in [0.5, 0.6) is 0 Å². The van der Waals surface area contributed by atoms with Crippen LogP contribution < -0.4 is 0 Å². The van der Waals surface area contributed by atoms with Gasteiger partial charge < -0.3 is 4.57 Å². The lowest BCUT2D eigenvalue weighted by atomic mass is 10.3. The molecule has 4 heteroatoms. The average molecular weight is 185 g/mol. The maximum Gasteiger partial charge on any atom is 0.125 e. The Hall–Kier alpha value is -1.09. The summed E-state index contributed by atoms with van der Waals surface area (Å²) < 4.78 is 14.4. The lowest BCUT2D eigenvalue weighted by Gasteiger charge is -1.95. The SMILES string of the molecule is Fc1ccc2c(c1)ncn2CCl. The number of hydrogen-bond donors (Lipinski definition) is 0. The van der Waals surface area contributed by atoms with E-state index in [1.165, 1.54) is 12.1 Å². The van der Waals surface area contributed by atoms with E-state index in [4.69, 9.17) is 11.6 Å². The fourth-order valence-corrected chi connectivity index (χ4v) is 1.32. The molecule has 2 rings (SSSR count). The van der Waals surface area contributed by atoms with Crippen molar-refractivity contribution in [3.63, 3.8) is 0 Å². The molecule has 62 valence electrons. The summed E-state index contributed by atoms with van der Waals surface area (Å²) in [6, 6.07) is 4.79. The van der Waals surface area contributed by atoms with Gasteiger partial charge in [0.05, 0.1) is 23.4 Å². The summed E-state index contributed by atoms with van der Waals surface area (Å²) in [7, 11) is 0. The van der Waals surface area contributed by atoms with E-state index in [-0.39, 0.29) is 5.82 Å². The van der Waals surface area contributed by atoms with Gasteiger partial charge in [0.25, 0.3) is 0 Å². The van der Waals surface area contributed by atoms with Gasteiger partial charge in [-0.15, -0.1) is 11.6 Å². The van der Waals surface area contributed by atoms with Gasteiger partial charge in [0.1, 0.15) is 5.82 Å². The minimum atomic E-state index is -0.276. The third kappa shape index (κ3) is 1.06. The van der Waals surface area contributed by atoms with Crippen molar-refractivity contribution in [3.05, 3.63) is 30.3 Å². The molecule has 0 fully saturated rings. The maximum atomic E-state index is 12.7. The van der Waals surface area contributed by atoms with Crippen LogP contribution in [-0.4, -0.2) is 9.55 Å². The second-order valence-electron chi connectivity index (χ2n) is 2.47. The van der Waals surface area contributed by atoms with Crippen LogP contribution in [0.3, 0.4) is 0 Å². The number of rotatable bonds is 1. The molecule has 12 heavy (non-hydrogen) atoms. The van der Waals surface area contributed by atoms with Gasteiger partial charge in [-0.1, -0.05) is 0 Å². The zero-order valence-corrected chi connectivity index (χ0v) is 6.92. The van der Waals surface area contributed by atoms with Crippen molar-refractivity contribution in [3.8, 4) is 0 Å². The highest BCUT2D eigenvalue weighted by molar-refractivity contribution is 6.15. The van der Waals surface area contributed by atoms with Crippen molar-refractivity contribution in [1.29, 1.82) is 0 Å². The Morgan fingerprint density at radius 2 is 2.33 bits per heavy atom. The number of fused-ring (bicyclic) bond motifs is 1. The third-order valence-electron chi connectivity index (χ3n) is 1.71. The molecule has 2 aromatic rings. The van der Waals surface area contributed by atoms with Crippen molar-refractivity contribution in [1.82, 2.24) is 9.55 Å². The maximum absolute atomic E-state index is 12.7. The topological polar surface area (TPSA) is 17.8 Å². The quantitative estimate of drug-likeness (QED) is 0.623. The highest BCUT2D eigenvalue weighted by Gasteiger charge is 2.01. The van der Waals surface area contributed by atoms with Crippen LogP contribution in [0.4, 0.5) is 4.39 Å². The zero-order chi connectivity index (χ0) is 8.55. The number of halogens is 2. The van der Waals surface area contributed by atoms with Crippen LogP contribution in [0.15, 0.2) is 24.5 Å². The summed E-state index contributed by atoms with van der Waals surface area (Å²) >= 11 is 5.62. The number of imidazole rings is 1. The van der Waals surface area contributed by atoms with Crippen LogP contribution in [0.25, 0.3) is 11.0 Å². The van der Waals surface area contributed by atoms with E-state index in [1.807, 2.05) is 0 Å². The molecule has 0 N–H and O–H groups in total. The first kappa shape index (κ1) is 7.55. The molecule has 1 aromatic heterocycles. The second-order valence-corrected chi connectivity index (χ2v) is 2.71. The first-order valence-electron chi connectivity index (χ1n) is 3.47. The Morgan fingerprint density at radius 1 is 1.50 bits per heavy atom. The second kappa shape index (κ2) is 2.75. The predicted molar refractivity (Wildman–Crippen MR) is 45.5 cm³/mol. The molecule has 0 aliphatic rings. The third-order valence-corrected chi connectivity index (χ3v) is 1.97. The Balaban J connectivity index is 2.73. The Kier molecular flexibility index (Phi) is 1.73. The molecule has 0 aliphatic carbocycles. The van der Waals surface area contributed by atoms with Crippen molar-refractivity contribution in [2.24, 2.45) is 0 Å². The van der Waals surface area contributed by atoms with Crippen molar-refractivity contribution >= 4 is 22.6 Å². The summed E-state index contributed by atoms with van der Waals surface area (Å²) in [5.74, 6) is -0.276. The van der Waals surface area contributed by atoms with E-state index in [0.717, 1.165) is 5.52 Å². The fourth-order valence-electron chi connectivity index (χ4n) is 1.13. The van der Waals surface area contributed by atoms with Gasteiger partial charge in [0, 0.05) is 6.07 Å². The van der Waals surface area contributed by atoms with Gasteiger partial charge in [-0.3, -0.25) is 0 Å². The van der Waals surface area contributed by atoms with Crippen LogP contribution in [0, 0.1) is 5.82 Å². The molecule has 0 spiro atoms. The number of alkyl halides is 1. The molecule has 0 unspecified atom stereocenters. The zero-order valence-electron chi connectivity index (χ0n) is 6.17. The summed E-state index contributed by atoms with van der Waals surface area (Å²) in [4.78, 5) is 3.99. The van der Waals surface area contributed by atoms with E-state index in [1.54, 1.807) is 17.0 Å². The van der Waals surface area contributed by atoms with Gasteiger partial charge in [0.15, 0.2) is 0 Å². The normalized spacial score (nSPS) is 10.8. The molecule has 0 atom stereocenters. The Bertz CT molecular complexity index is 410. The predicted octanol–water partition coefficient (Wildman–Crippen LogP) is 2.37. The monoisotopic (exact) mass is 184 g/mol. The van der Waals surface area contributed by atoms with Gasteiger partial charge >= 0.3 is 0 Å². The van der Waals surface area contributed by atoms with E-state index in [9.17, 15) is 4.39 Å². The number of aromatic nitrogens is 2. The fraction of sp³-hybridized carbons (Fsp3) is 0.125. The molecule has 1 aromatic carbocycles. The highest BCUT2D eigenvalue weighted by Crippen LogP contribution is 2.14. The summed E-state index contributed by atoms with van der Waals surface area (Å²) in [5, 5.41) is 0. The van der Waals surface area contributed by atoms with E-state index in [2.05, 4.69) is 4.98 Å². The van der Waals surface area contributed by atoms with Crippen LogP contribution in [0.2, 0.25) is 0 Å². The molecule has 0 saturated heterocycles. The Morgan fingerprint density at radius 3 is 3.08 bits per heavy atom. The lowest BCUT2D eigenvalue weighted by Crippen LogP contribution is -1.87. The molecule has 0 radical (unpaired) electrons. The molecular weight excluding hydrogens is 179 g/mol. The van der Waals surface area contributed by atoms with Crippen LogP contribution >= 0.6 is 11.6 Å². The Labute approximate surface area is 73.6 Å². The molecule has 0 bridgehead atoms. The van der Waals surface area contributed by atoms with E-state index >= 15 is 0 Å². The van der Waals surface area contributed by atoms with Gasteiger partial charge in [-0.05, 0) is 12.1 Å². The molecule has 1 heterocycles. The largest absolute Gasteiger partial charge is 0.316 e. The highest BCUT2D eigenvalue weighted by atomic mass is 35.5. The summed E-state index contributed by atoms with van der Waals surface area (Å²) in [6.07, 6.45) is 1.59. The molecular formula is C8H6ClFN2. The first-order valence-corrected chi connectivity index (χ1v) is 4.01. The van der Waals surface area contributed by atoms with Crippen molar-refractivity contribution in [2.75, 3.05) is 0 Å². The summed E-state index contributed by atoms with van der Waals surface area (Å²) in [5.41, 5.74) is 1.49. The molecule has 0 saturated carbocycles.